The van der Waals surface area contributed by atoms with Gasteiger partial charge < -0.3 is 20.1 Å². The number of anilines is 4. The molecule has 3 aromatic carbocycles. The van der Waals surface area contributed by atoms with Gasteiger partial charge in [-0.1, -0.05) is 30.3 Å². The van der Waals surface area contributed by atoms with Gasteiger partial charge in [0.2, 0.25) is 0 Å². The van der Waals surface area contributed by atoms with Gasteiger partial charge in [0.05, 0.1) is 42.3 Å². The third-order valence-electron chi connectivity index (χ3n) is 5.31. The highest BCUT2D eigenvalue weighted by Crippen LogP contribution is 2.34. The molecule has 8 heteroatoms. The summed E-state index contributed by atoms with van der Waals surface area (Å²) in [6.07, 6.45) is 0. The van der Waals surface area contributed by atoms with Gasteiger partial charge in [-0.15, -0.1) is 0 Å². The Balaban J connectivity index is 1.59. The number of para-hydroxylation sites is 3. The molecule has 5 rings (SSSR count). The van der Waals surface area contributed by atoms with Crippen molar-refractivity contribution in [2.24, 2.45) is 0 Å². The number of ether oxygens (including phenoxy) is 2. The van der Waals surface area contributed by atoms with Crippen LogP contribution in [0.15, 0.2) is 78.9 Å². The number of nitrogens with one attached hydrogen (secondary N) is 2. The smallest absolute Gasteiger partial charge is 0.175 e. The number of rotatable bonds is 7. The Kier molecular flexibility index (Phi) is 5.70. The molecule has 0 aliphatic rings. The van der Waals surface area contributed by atoms with E-state index in [2.05, 4.69) is 15.7 Å². The van der Waals surface area contributed by atoms with Crippen LogP contribution in [0.25, 0.3) is 16.7 Å². The van der Waals surface area contributed by atoms with Crippen molar-refractivity contribution in [3.05, 3.63) is 84.6 Å². The van der Waals surface area contributed by atoms with Crippen LogP contribution in [0.2, 0.25) is 0 Å². The van der Waals surface area contributed by atoms with Crippen LogP contribution in [0.5, 0.6) is 11.5 Å². The molecular formula is C26H24N6O2. The first-order valence-corrected chi connectivity index (χ1v) is 10.8. The van der Waals surface area contributed by atoms with Crippen LogP contribution in [0.3, 0.4) is 0 Å². The zero-order valence-electron chi connectivity index (χ0n) is 19.1. The van der Waals surface area contributed by atoms with Crippen LogP contribution in [0.1, 0.15) is 5.69 Å². The first kappa shape index (κ1) is 21.3. The number of aryl methyl sites for hydroxylation is 1. The van der Waals surface area contributed by atoms with E-state index in [1.165, 1.54) is 0 Å². The summed E-state index contributed by atoms with van der Waals surface area (Å²) in [4.78, 5) is 9.70. The molecule has 0 amide bonds. The lowest BCUT2D eigenvalue weighted by atomic mass is 10.2. The quantitative estimate of drug-likeness (QED) is 0.331. The normalized spacial score (nSPS) is 10.8. The molecule has 0 aliphatic heterocycles. The van der Waals surface area contributed by atoms with Crippen LogP contribution in [0.4, 0.5) is 23.1 Å². The third kappa shape index (κ3) is 4.21. The highest BCUT2D eigenvalue weighted by molar-refractivity contribution is 5.84. The van der Waals surface area contributed by atoms with Gasteiger partial charge in [-0.05, 0) is 43.3 Å². The predicted octanol–water partition coefficient (Wildman–Crippen LogP) is 5.63. The number of aromatic nitrogens is 4. The number of methoxy groups -OCH3 is 2. The molecule has 0 aliphatic carbocycles. The van der Waals surface area contributed by atoms with E-state index in [0.717, 1.165) is 33.9 Å². The van der Waals surface area contributed by atoms with E-state index in [1.807, 2.05) is 90.5 Å². The molecule has 0 fully saturated rings. The Labute approximate surface area is 197 Å². The molecule has 0 unspecified atom stereocenters. The third-order valence-corrected chi connectivity index (χ3v) is 5.31. The fourth-order valence-corrected chi connectivity index (χ4v) is 3.68. The average molecular weight is 453 g/mol. The minimum Gasteiger partial charge on any atom is -0.497 e. The van der Waals surface area contributed by atoms with Crippen LogP contribution in [-0.2, 0) is 0 Å². The molecule has 5 aromatic rings. The molecule has 0 spiro atoms. The van der Waals surface area contributed by atoms with E-state index in [-0.39, 0.29) is 0 Å². The summed E-state index contributed by atoms with van der Waals surface area (Å²) in [5, 5.41) is 11.5. The zero-order valence-corrected chi connectivity index (χ0v) is 19.1. The summed E-state index contributed by atoms with van der Waals surface area (Å²) in [6.45, 7) is 1.96. The van der Waals surface area contributed by atoms with Crippen molar-refractivity contribution in [3.8, 4) is 17.2 Å². The Hall–Kier alpha value is -4.59. The van der Waals surface area contributed by atoms with Crippen molar-refractivity contribution in [2.45, 2.75) is 6.92 Å². The first-order valence-electron chi connectivity index (χ1n) is 10.8. The molecule has 0 saturated heterocycles. The van der Waals surface area contributed by atoms with Crippen LogP contribution >= 0.6 is 0 Å². The van der Waals surface area contributed by atoms with Crippen molar-refractivity contribution in [1.29, 1.82) is 0 Å². The largest absolute Gasteiger partial charge is 0.497 e. The van der Waals surface area contributed by atoms with Gasteiger partial charge in [0.15, 0.2) is 11.6 Å². The summed E-state index contributed by atoms with van der Waals surface area (Å²) >= 11 is 0. The number of nitrogens with zero attached hydrogens (tertiary/aromatic N) is 4. The van der Waals surface area contributed by atoms with Gasteiger partial charge in [0.25, 0.3) is 0 Å². The van der Waals surface area contributed by atoms with Crippen molar-refractivity contribution in [3.63, 3.8) is 0 Å². The van der Waals surface area contributed by atoms with E-state index in [1.54, 1.807) is 14.2 Å². The van der Waals surface area contributed by atoms with Gasteiger partial charge in [-0.2, -0.15) is 5.10 Å². The lowest BCUT2D eigenvalue weighted by Gasteiger charge is -2.16. The van der Waals surface area contributed by atoms with Gasteiger partial charge in [-0.3, -0.25) is 0 Å². The monoisotopic (exact) mass is 452 g/mol. The standard InChI is InChI=1S/C26H24N6O2/c1-17-15-24(32(31-17)18-9-5-4-6-10-18)30-26-25(27-20-11-7-8-12-21(20)28-26)29-22-14-13-19(33-2)16-23(22)34-3/h4-16H,1-3H3,(H,27,29)(H,28,30). The topological polar surface area (TPSA) is 86.1 Å². The Morgan fingerprint density at radius 2 is 1.41 bits per heavy atom. The number of fused-ring (bicyclic) bond motifs is 1. The van der Waals surface area contributed by atoms with Crippen molar-refractivity contribution in [1.82, 2.24) is 19.7 Å². The summed E-state index contributed by atoms with van der Waals surface area (Å²) < 4.78 is 12.7. The first-order chi connectivity index (χ1) is 16.6. The minimum absolute atomic E-state index is 0.556. The van der Waals surface area contributed by atoms with Crippen molar-refractivity contribution >= 4 is 34.2 Å². The van der Waals surface area contributed by atoms with Crippen LogP contribution in [-0.4, -0.2) is 34.0 Å². The fourth-order valence-electron chi connectivity index (χ4n) is 3.68. The van der Waals surface area contributed by atoms with Crippen molar-refractivity contribution in [2.75, 3.05) is 24.9 Å². The van der Waals surface area contributed by atoms with Gasteiger partial charge in [0, 0.05) is 12.1 Å². The SMILES string of the molecule is COc1ccc(Nc2nc3ccccc3nc2Nc2cc(C)nn2-c2ccccc2)c(OC)c1. The molecule has 170 valence electrons. The molecule has 0 radical (unpaired) electrons. The molecule has 0 bridgehead atoms. The Morgan fingerprint density at radius 1 is 0.735 bits per heavy atom. The molecule has 2 N–H and O–H groups in total. The summed E-state index contributed by atoms with van der Waals surface area (Å²) in [5.41, 5.74) is 4.11. The van der Waals surface area contributed by atoms with E-state index in [9.17, 15) is 0 Å². The maximum atomic E-state index is 5.56. The van der Waals surface area contributed by atoms with Gasteiger partial charge in [-0.25, -0.2) is 14.6 Å². The highest BCUT2D eigenvalue weighted by Gasteiger charge is 2.15. The lowest BCUT2D eigenvalue weighted by molar-refractivity contribution is 0.395. The predicted molar refractivity (Wildman–Crippen MR) is 134 cm³/mol. The van der Waals surface area contributed by atoms with E-state index in [0.29, 0.717) is 23.1 Å². The molecule has 2 heterocycles. The molecular weight excluding hydrogens is 428 g/mol. The fraction of sp³-hybridized carbons (Fsp3) is 0.115. The highest BCUT2D eigenvalue weighted by atomic mass is 16.5. The molecule has 0 atom stereocenters. The second kappa shape index (κ2) is 9.11. The van der Waals surface area contributed by atoms with Gasteiger partial charge >= 0.3 is 0 Å². The molecule has 2 aromatic heterocycles. The Bertz CT molecular complexity index is 1450. The lowest BCUT2D eigenvalue weighted by Crippen LogP contribution is -2.07. The van der Waals surface area contributed by atoms with E-state index >= 15 is 0 Å². The summed E-state index contributed by atoms with van der Waals surface area (Å²) in [6, 6.07) is 25.2. The van der Waals surface area contributed by atoms with Crippen LogP contribution < -0.4 is 20.1 Å². The van der Waals surface area contributed by atoms with E-state index in [4.69, 9.17) is 19.4 Å². The zero-order chi connectivity index (χ0) is 23.5. The van der Waals surface area contributed by atoms with Crippen molar-refractivity contribution < 1.29 is 9.47 Å². The summed E-state index contributed by atoms with van der Waals surface area (Å²) in [7, 11) is 3.24. The maximum Gasteiger partial charge on any atom is 0.175 e. The average Bonchev–Trinajstić information content (AvgIpc) is 3.25. The molecule has 8 nitrogen and oxygen atoms in total. The van der Waals surface area contributed by atoms with Gasteiger partial charge in [0.1, 0.15) is 17.3 Å². The number of hydrogen-bond donors (Lipinski definition) is 2. The molecule has 34 heavy (non-hydrogen) atoms. The second-order valence-electron chi connectivity index (χ2n) is 7.64. The van der Waals surface area contributed by atoms with E-state index < -0.39 is 0 Å². The Morgan fingerprint density at radius 3 is 2.09 bits per heavy atom. The number of hydrogen-bond acceptors (Lipinski definition) is 7. The maximum absolute atomic E-state index is 5.56. The second-order valence-corrected chi connectivity index (χ2v) is 7.64. The molecule has 0 saturated carbocycles. The summed E-state index contributed by atoms with van der Waals surface area (Å²) in [5.74, 6) is 3.23. The minimum atomic E-state index is 0.556. The van der Waals surface area contributed by atoms with Crippen LogP contribution in [0, 0.1) is 6.92 Å². The number of benzene rings is 3.